The van der Waals surface area contributed by atoms with Crippen LogP contribution >= 0.6 is 11.8 Å². The molecule has 0 radical (unpaired) electrons. The molecule has 1 aromatic carbocycles. The predicted octanol–water partition coefficient (Wildman–Crippen LogP) is -1.44. The lowest BCUT2D eigenvalue weighted by atomic mass is 10.0. The number of nitrogens with two attached hydrogens (primary N) is 3. The van der Waals surface area contributed by atoms with Crippen LogP contribution in [0, 0.1) is 0 Å². The average molecular weight is 555 g/mol. The number of primary amides is 1. The van der Waals surface area contributed by atoms with Crippen molar-refractivity contribution in [3.05, 3.63) is 29.8 Å². The molecule has 0 fully saturated rings. The van der Waals surface area contributed by atoms with E-state index in [9.17, 15) is 34.2 Å². The summed E-state index contributed by atoms with van der Waals surface area (Å²) in [5.41, 5.74) is 17.2. The van der Waals surface area contributed by atoms with Crippen LogP contribution in [0.25, 0.3) is 0 Å². The minimum Gasteiger partial charge on any atom is -0.508 e. The van der Waals surface area contributed by atoms with Gasteiger partial charge in [0.2, 0.25) is 23.6 Å². The van der Waals surface area contributed by atoms with Crippen molar-refractivity contribution < 1.29 is 34.2 Å². The molecule has 1 aromatic rings. The molecule has 0 bridgehead atoms. The molecule has 0 saturated heterocycles. The van der Waals surface area contributed by atoms with Gasteiger partial charge in [-0.15, -0.1) is 0 Å². The second kappa shape index (κ2) is 17.2. The van der Waals surface area contributed by atoms with Crippen LogP contribution < -0.4 is 33.2 Å². The van der Waals surface area contributed by atoms with Crippen molar-refractivity contribution >= 4 is 41.4 Å². The maximum Gasteiger partial charge on any atom is 0.326 e. The Kier molecular flexibility index (Phi) is 14.8. The number of aromatic hydroxyl groups is 1. The first kappa shape index (κ1) is 32.7. The highest BCUT2D eigenvalue weighted by molar-refractivity contribution is 7.98. The van der Waals surface area contributed by atoms with Crippen molar-refractivity contribution in [3.8, 4) is 5.75 Å². The summed E-state index contributed by atoms with van der Waals surface area (Å²) in [6, 6.07) is 0.975. The lowest BCUT2D eigenvalue weighted by Crippen LogP contribution is -2.58. The van der Waals surface area contributed by atoms with Crippen molar-refractivity contribution in [2.24, 2.45) is 17.2 Å². The summed E-state index contributed by atoms with van der Waals surface area (Å²) in [4.78, 5) is 61.9. The van der Waals surface area contributed by atoms with Gasteiger partial charge < -0.3 is 43.4 Å². The third kappa shape index (κ3) is 12.3. The number of phenols is 1. The summed E-state index contributed by atoms with van der Waals surface area (Å²) in [7, 11) is 0. The van der Waals surface area contributed by atoms with Crippen LogP contribution in [0.4, 0.5) is 0 Å². The van der Waals surface area contributed by atoms with Gasteiger partial charge in [-0.3, -0.25) is 19.2 Å². The zero-order valence-electron chi connectivity index (χ0n) is 21.4. The van der Waals surface area contributed by atoms with Crippen LogP contribution in [0.1, 0.15) is 37.7 Å². The van der Waals surface area contributed by atoms with E-state index in [1.54, 1.807) is 0 Å². The fraction of sp³-hybridized carbons (Fsp3) is 0.542. The molecule has 38 heavy (non-hydrogen) atoms. The Morgan fingerprint density at radius 3 is 2.03 bits per heavy atom. The molecule has 13 nitrogen and oxygen atoms in total. The highest BCUT2D eigenvalue weighted by Crippen LogP contribution is 2.12. The monoisotopic (exact) mass is 554 g/mol. The van der Waals surface area contributed by atoms with Crippen LogP contribution in [0.3, 0.4) is 0 Å². The molecule has 0 heterocycles. The van der Waals surface area contributed by atoms with E-state index in [0.717, 1.165) is 0 Å². The van der Waals surface area contributed by atoms with Gasteiger partial charge in [-0.25, -0.2) is 4.79 Å². The molecule has 14 heteroatoms. The van der Waals surface area contributed by atoms with Crippen LogP contribution in [0.2, 0.25) is 0 Å². The SMILES string of the molecule is CSCCC(NC(=O)C(N)CCCCN)C(=O)NC(CC(N)=O)C(=O)NC(Cc1ccc(O)cc1)C(=O)O. The number of aliphatic carboxylic acids is 1. The van der Waals surface area contributed by atoms with Gasteiger partial charge in [0.15, 0.2) is 0 Å². The number of rotatable bonds is 18. The van der Waals surface area contributed by atoms with Crippen molar-refractivity contribution in [2.75, 3.05) is 18.6 Å². The van der Waals surface area contributed by atoms with Crippen molar-refractivity contribution in [2.45, 2.75) is 62.7 Å². The van der Waals surface area contributed by atoms with E-state index >= 15 is 0 Å². The molecular formula is C24H38N6O7S. The van der Waals surface area contributed by atoms with E-state index in [1.807, 2.05) is 6.26 Å². The quantitative estimate of drug-likeness (QED) is 0.0982. The Hall–Kier alpha value is -3.36. The second-order valence-electron chi connectivity index (χ2n) is 8.74. The molecular weight excluding hydrogens is 516 g/mol. The first-order valence-electron chi connectivity index (χ1n) is 12.1. The molecule has 212 valence electrons. The Bertz CT molecular complexity index is 947. The fourth-order valence-electron chi connectivity index (χ4n) is 3.45. The number of phenolic OH excluding ortho intramolecular Hbond substituents is 1. The standard InChI is InChI=1S/C24H38N6O7S/c1-38-11-9-17(28-21(33)16(26)4-2-3-10-25)22(34)29-18(13-20(27)32)23(35)30-19(24(36)37)12-14-5-7-15(31)8-6-14/h5-8,16-19,31H,2-4,9-13,25-26H2,1H3,(H2,27,32)(H,28,33)(H,29,34)(H,30,35)(H,36,37). The Balaban J connectivity index is 2.96. The third-order valence-electron chi connectivity index (χ3n) is 5.58. The van der Waals surface area contributed by atoms with E-state index in [4.69, 9.17) is 17.2 Å². The average Bonchev–Trinajstić information content (AvgIpc) is 2.86. The Labute approximate surface area is 225 Å². The highest BCUT2D eigenvalue weighted by Gasteiger charge is 2.31. The molecule has 0 aliphatic heterocycles. The lowest BCUT2D eigenvalue weighted by molar-refractivity contribution is -0.142. The molecule has 0 spiro atoms. The molecule has 0 aliphatic carbocycles. The van der Waals surface area contributed by atoms with Crippen molar-refractivity contribution in [3.63, 3.8) is 0 Å². The van der Waals surface area contributed by atoms with Crippen molar-refractivity contribution in [1.82, 2.24) is 16.0 Å². The molecule has 11 N–H and O–H groups in total. The van der Waals surface area contributed by atoms with Crippen LogP contribution in [0.15, 0.2) is 24.3 Å². The highest BCUT2D eigenvalue weighted by atomic mass is 32.2. The number of amides is 4. The number of carboxylic acid groups (broad SMARTS) is 1. The summed E-state index contributed by atoms with van der Waals surface area (Å²) in [5.74, 6) is -3.97. The normalized spacial score (nSPS) is 14.0. The van der Waals surface area contributed by atoms with E-state index in [1.165, 1.54) is 36.0 Å². The van der Waals surface area contributed by atoms with Gasteiger partial charge in [0, 0.05) is 6.42 Å². The molecule has 4 unspecified atom stereocenters. The van der Waals surface area contributed by atoms with E-state index in [-0.39, 0.29) is 18.6 Å². The number of carbonyl (C=O) groups is 5. The Morgan fingerprint density at radius 2 is 1.47 bits per heavy atom. The van der Waals surface area contributed by atoms with Gasteiger partial charge in [-0.1, -0.05) is 18.6 Å². The van der Waals surface area contributed by atoms with Gasteiger partial charge in [-0.05, 0) is 55.5 Å². The summed E-state index contributed by atoms with van der Waals surface area (Å²) < 4.78 is 0. The Morgan fingerprint density at radius 1 is 0.895 bits per heavy atom. The predicted molar refractivity (Wildman–Crippen MR) is 143 cm³/mol. The summed E-state index contributed by atoms with van der Waals surface area (Å²) in [6.07, 6.45) is 3.05. The fourth-order valence-corrected chi connectivity index (χ4v) is 3.92. The first-order valence-corrected chi connectivity index (χ1v) is 13.5. The van der Waals surface area contributed by atoms with Crippen molar-refractivity contribution in [1.29, 1.82) is 0 Å². The number of unbranched alkanes of at least 4 members (excludes halogenated alkanes) is 1. The van der Waals surface area contributed by atoms with Gasteiger partial charge in [0.05, 0.1) is 12.5 Å². The first-order chi connectivity index (χ1) is 18.0. The summed E-state index contributed by atoms with van der Waals surface area (Å²) in [5, 5.41) is 26.3. The van der Waals surface area contributed by atoms with Crippen LogP contribution in [-0.2, 0) is 30.4 Å². The van der Waals surface area contributed by atoms with Crippen LogP contribution in [-0.4, -0.2) is 82.5 Å². The maximum atomic E-state index is 13.0. The molecule has 1 rings (SSSR count). The topological polar surface area (TPSA) is 240 Å². The zero-order valence-corrected chi connectivity index (χ0v) is 22.2. The molecule has 0 aliphatic rings. The van der Waals surface area contributed by atoms with Gasteiger partial charge in [-0.2, -0.15) is 11.8 Å². The molecule has 4 atom stereocenters. The number of thioether (sulfide) groups is 1. The molecule has 0 saturated carbocycles. The number of carbonyl (C=O) groups excluding carboxylic acids is 4. The van der Waals surface area contributed by atoms with E-state index in [0.29, 0.717) is 37.1 Å². The molecule has 0 aromatic heterocycles. The minimum atomic E-state index is -1.48. The third-order valence-corrected chi connectivity index (χ3v) is 6.22. The van der Waals surface area contributed by atoms with E-state index in [2.05, 4.69) is 16.0 Å². The number of hydrogen-bond donors (Lipinski definition) is 8. The van der Waals surface area contributed by atoms with Crippen LogP contribution in [0.5, 0.6) is 5.75 Å². The summed E-state index contributed by atoms with van der Waals surface area (Å²) >= 11 is 1.44. The van der Waals surface area contributed by atoms with E-state index < -0.39 is 60.2 Å². The molecule has 4 amide bonds. The van der Waals surface area contributed by atoms with Gasteiger partial charge in [0.1, 0.15) is 23.9 Å². The number of hydrogen-bond acceptors (Lipinski definition) is 9. The maximum absolute atomic E-state index is 13.0. The largest absolute Gasteiger partial charge is 0.508 e. The number of carboxylic acids is 1. The zero-order chi connectivity index (χ0) is 28.7. The number of benzene rings is 1. The minimum absolute atomic E-state index is 0.00599. The van der Waals surface area contributed by atoms with Gasteiger partial charge >= 0.3 is 5.97 Å². The second-order valence-corrected chi connectivity index (χ2v) is 9.72. The summed E-state index contributed by atoms with van der Waals surface area (Å²) in [6.45, 7) is 0.466. The van der Waals surface area contributed by atoms with Gasteiger partial charge in [0.25, 0.3) is 0 Å². The number of nitrogens with one attached hydrogen (secondary N) is 3. The smallest absolute Gasteiger partial charge is 0.326 e. The lowest BCUT2D eigenvalue weighted by Gasteiger charge is -2.24.